The third kappa shape index (κ3) is 7.14. The molecule has 0 spiro atoms. The predicted molar refractivity (Wildman–Crippen MR) is 113 cm³/mol. The van der Waals surface area contributed by atoms with E-state index in [9.17, 15) is 18.0 Å². The number of nitrogens with zero attached hydrogens (tertiary/aromatic N) is 2. The highest BCUT2D eigenvalue weighted by Gasteiger charge is 2.30. The first-order valence-corrected chi connectivity index (χ1v) is 9.12. The maximum atomic E-state index is 12.6. The molecule has 1 N–H and O–H groups in total. The Morgan fingerprint density at radius 2 is 1.86 bits per heavy atom. The van der Waals surface area contributed by atoms with Crippen LogP contribution in [0.1, 0.15) is 30.9 Å². The first kappa shape index (κ1) is 24.5. The van der Waals surface area contributed by atoms with Crippen molar-refractivity contribution < 1.29 is 22.7 Å². The molecule has 1 aromatic carbocycles. The van der Waals surface area contributed by atoms with Gasteiger partial charge in [0.1, 0.15) is 0 Å². The van der Waals surface area contributed by atoms with Crippen molar-refractivity contribution in [1.29, 1.82) is 0 Å². The Morgan fingerprint density at radius 3 is 2.36 bits per heavy atom. The molecule has 9 heteroatoms. The van der Waals surface area contributed by atoms with Crippen molar-refractivity contribution in [3.8, 4) is 0 Å². The van der Waals surface area contributed by atoms with E-state index in [0.29, 0.717) is 26.1 Å². The summed E-state index contributed by atoms with van der Waals surface area (Å²) in [6.45, 7) is 4.60. The summed E-state index contributed by atoms with van der Waals surface area (Å²) in [4.78, 5) is 18.3. The van der Waals surface area contributed by atoms with Gasteiger partial charge in [0, 0.05) is 26.2 Å². The highest BCUT2D eigenvalue weighted by Crippen LogP contribution is 2.29. The smallest absolute Gasteiger partial charge is 0.416 e. The van der Waals surface area contributed by atoms with E-state index in [4.69, 9.17) is 4.74 Å². The van der Waals surface area contributed by atoms with Gasteiger partial charge in [-0.25, -0.2) is 0 Å². The van der Waals surface area contributed by atoms with E-state index in [-0.39, 0.29) is 35.9 Å². The van der Waals surface area contributed by atoms with Gasteiger partial charge < -0.3 is 15.0 Å². The number of rotatable bonds is 5. The largest absolute Gasteiger partial charge is 0.469 e. The Bertz CT molecular complexity index is 643. The molecule has 0 radical (unpaired) electrons. The number of halogens is 4. The van der Waals surface area contributed by atoms with Crippen LogP contribution >= 0.6 is 24.0 Å². The molecular formula is C19H27F3IN3O2. The number of aliphatic imine (C=N–C) groups is 1. The Morgan fingerprint density at radius 1 is 1.25 bits per heavy atom. The van der Waals surface area contributed by atoms with Gasteiger partial charge in [0.25, 0.3) is 0 Å². The number of alkyl halides is 3. The minimum atomic E-state index is -4.31. The second kappa shape index (κ2) is 11.5. The maximum absolute atomic E-state index is 12.6. The molecule has 28 heavy (non-hydrogen) atoms. The fraction of sp³-hybridized carbons (Fsp3) is 0.579. The van der Waals surface area contributed by atoms with Gasteiger partial charge >= 0.3 is 12.1 Å². The molecule has 1 saturated heterocycles. The summed E-state index contributed by atoms with van der Waals surface area (Å²) in [6, 6.07) is 5.18. The molecule has 158 valence electrons. The number of ether oxygens (including phenoxy) is 1. The number of piperidine rings is 1. The molecule has 1 heterocycles. The molecule has 0 aromatic heterocycles. The van der Waals surface area contributed by atoms with Crippen molar-refractivity contribution in [2.45, 2.75) is 32.4 Å². The number of hydrogen-bond donors (Lipinski definition) is 1. The Hall–Kier alpha value is -1.52. The number of hydrogen-bond acceptors (Lipinski definition) is 3. The Kier molecular flexibility index (Phi) is 10.0. The number of nitrogens with one attached hydrogen (secondary N) is 1. The van der Waals surface area contributed by atoms with Crippen LogP contribution in [0.3, 0.4) is 0 Å². The van der Waals surface area contributed by atoms with Crippen LogP contribution in [-0.4, -0.2) is 50.1 Å². The van der Waals surface area contributed by atoms with Crippen LogP contribution < -0.4 is 5.32 Å². The molecule has 1 aliphatic rings. The number of guanidine groups is 1. The summed E-state index contributed by atoms with van der Waals surface area (Å²) in [5.41, 5.74) is 0.170. The highest BCUT2D eigenvalue weighted by atomic mass is 127. The van der Waals surface area contributed by atoms with Crippen molar-refractivity contribution in [2.75, 3.05) is 33.3 Å². The van der Waals surface area contributed by atoms with Gasteiger partial charge in [-0.05, 0) is 43.9 Å². The summed E-state index contributed by atoms with van der Waals surface area (Å²) < 4.78 is 42.6. The monoisotopic (exact) mass is 513 g/mol. The minimum absolute atomic E-state index is 0. The first-order chi connectivity index (χ1) is 12.8. The van der Waals surface area contributed by atoms with Crippen LogP contribution in [0.25, 0.3) is 0 Å². The van der Waals surface area contributed by atoms with Crippen LogP contribution in [0, 0.1) is 5.92 Å². The molecule has 0 atom stereocenters. The van der Waals surface area contributed by atoms with Gasteiger partial charge in [-0.1, -0.05) is 12.1 Å². The van der Waals surface area contributed by atoms with Crippen LogP contribution in [0.15, 0.2) is 29.3 Å². The minimum Gasteiger partial charge on any atom is -0.469 e. The average molecular weight is 513 g/mol. The van der Waals surface area contributed by atoms with Crippen LogP contribution in [-0.2, 0) is 22.1 Å². The zero-order chi connectivity index (χ0) is 19.9. The molecule has 1 aromatic rings. The predicted octanol–water partition coefficient (Wildman–Crippen LogP) is 3.72. The summed E-state index contributed by atoms with van der Waals surface area (Å²) in [7, 11) is 1.40. The normalized spacial score (nSPS) is 15.8. The second-order valence-corrected chi connectivity index (χ2v) is 6.46. The SMILES string of the molecule is CCNC(=NCCc1ccc(C(F)(F)F)cc1)N1CCC(C(=O)OC)CC1.I. The van der Waals surface area contributed by atoms with E-state index in [1.54, 1.807) is 0 Å². The molecule has 0 amide bonds. The number of esters is 1. The van der Waals surface area contributed by atoms with E-state index >= 15 is 0 Å². The lowest BCUT2D eigenvalue weighted by Crippen LogP contribution is -2.46. The molecule has 0 bridgehead atoms. The fourth-order valence-corrected chi connectivity index (χ4v) is 3.07. The lowest BCUT2D eigenvalue weighted by atomic mass is 9.97. The van der Waals surface area contributed by atoms with Gasteiger partial charge in [-0.15, -0.1) is 24.0 Å². The Labute approximate surface area is 180 Å². The van der Waals surface area contributed by atoms with Crippen molar-refractivity contribution in [3.63, 3.8) is 0 Å². The van der Waals surface area contributed by atoms with E-state index in [2.05, 4.69) is 15.2 Å². The zero-order valence-corrected chi connectivity index (χ0v) is 18.4. The molecule has 0 saturated carbocycles. The van der Waals surface area contributed by atoms with E-state index in [1.165, 1.54) is 19.2 Å². The quantitative estimate of drug-likeness (QED) is 0.283. The molecular weight excluding hydrogens is 486 g/mol. The van der Waals surface area contributed by atoms with Gasteiger partial charge in [-0.2, -0.15) is 13.2 Å². The van der Waals surface area contributed by atoms with Crippen LogP contribution in [0.2, 0.25) is 0 Å². The van der Waals surface area contributed by atoms with Crippen molar-refractivity contribution in [3.05, 3.63) is 35.4 Å². The molecule has 0 unspecified atom stereocenters. The van der Waals surface area contributed by atoms with Crippen molar-refractivity contribution in [2.24, 2.45) is 10.9 Å². The fourth-order valence-electron chi connectivity index (χ4n) is 3.07. The number of carbonyl (C=O) groups excluding carboxylic acids is 1. The summed E-state index contributed by atoms with van der Waals surface area (Å²) in [6.07, 6.45) is -2.32. The van der Waals surface area contributed by atoms with E-state index < -0.39 is 11.7 Å². The Balaban J connectivity index is 0.00000392. The third-order valence-electron chi connectivity index (χ3n) is 4.61. The number of benzene rings is 1. The average Bonchev–Trinajstić information content (AvgIpc) is 2.66. The topological polar surface area (TPSA) is 53.9 Å². The summed E-state index contributed by atoms with van der Waals surface area (Å²) in [5.74, 6) is 0.535. The third-order valence-corrected chi connectivity index (χ3v) is 4.61. The van der Waals surface area contributed by atoms with Crippen LogP contribution in [0.4, 0.5) is 13.2 Å². The molecule has 2 rings (SSSR count). The molecule has 0 aliphatic carbocycles. The van der Waals surface area contributed by atoms with Gasteiger partial charge in [0.2, 0.25) is 0 Å². The van der Waals surface area contributed by atoms with Crippen molar-refractivity contribution >= 4 is 35.9 Å². The van der Waals surface area contributed by atoms with E-state index in [1.807, 2.05) is 6.92 Å². The first-order valence-electron chi connectivity index (χ1n) is 9.12. The van der Waals surface area contributed by atoms with Gasteiger partial charge in [0.05, 0.1) is 18.6 Å². The second-order valence-electron chi connectivity index (χ2n) is 6.46. The standard InChI is InChI=1S/C19H26F3N3O2.HI/c1-3-23-18(25-12-9-15(10-13-25)17(26)27-2)24-11-8-14-4-6-16(7-5-14)19(20,21)22;/h4-7,15H,3,8-13H2,1-2H3,(H,23,24);1H. The number of likely N-dealkylation sites (tertiary alicyclic amines) is 1. The zero-order valence-electron chi connectivity index (χ0n) is 16.1. The van der Waals surface area contributed by atoms with E-state index in [0.717, 1.165) is 43.0 Å². The maximum Gasteiger partial charge on any atom is 0.416 e. The lowest BCUT2D eigenvalue weighted by Gasteiger charge is -2.33. The molecule has 1 fully saturated rings. The molecule has 1 aliphatic heterocycles. The highest BCUT2D eigenvalue weighted by molar-refractivity contribution is 14.0. The van der Waals surface area contributed by atoms with Gasteiger partial charge in [-0.3, -0.25) is 9.79 Å². The summed E-state index contributed by atoms with van der Waals surface area (Å²) in [5, 5.41) is 3.24. The van der Waals surface area contributed by atoms with Crippen molar-refractivity contribution in [1.82, 2.24) is 10.2 Å². The lowest BCUT2D eigenvalue weighted by molar-refractivity contribution is -0.146. The number of methoxy groups -OCH3 is 1. The molecule has 5 nitrogen and oxygen atoms in total. The number of carbonyl (C=O) groups is 1. The summed E-state index contributed by atoms with van der Waals surface area (Å²) >= 11 is 0. The van der Waals surface area contributed by atoms with Gasteiger partial charge in [0.15, 0.2) is 5.96 Å². The van der Waals surface area contributed by atoms with Crippen LogP contribution in [0.5, 0.6) is 0 Å².